The van der Waals surface area contributed by atoms with Gasteiger partial charge in [-0.2, -0.15) is 0 Å². The molecule has 10 nitrogen and oxygen atoms in total. The lowest BCUT2D eigenvalue weighted by Gasteiger charge is -2.30. The zero-order valence-electron chi connectivity index (χ0n) is 20.8. The number of carbonyl (C=O) groups excluding carboxylic acids is 1. The van der Waals surface area contributed by atoms with E-state index in [2.05, 4.69) is 5.32 Å². The summed E-state index contributed by atoms with van der Waals surface area (Å²) in [5.74, 6) is 0. The first-order valence-electron chi connectivity index (χ1n) is 11.2. The zero-order chi connectivity index (χ0) is 26.4. The molecule has 0 aliphatic rings. The fraction of sp³-hybridized carbons (Fsp3) is 0.458. The van der Waals surface area contributed by atoms with Gasteiger partial charge in [-0.1, -0.05) is 34.8 Å². The number of ether oxygens (including phenoxy) is 1. The SMILES string of the molecule is CC(C)ON(C[C@@H](O)[C@H](Cc1ccccc1)NC(=O)OC(C)(C)C)S(=O)(=O)c1ccc(N)c(N)c1. The van der Waals surface area contributed by atoms with Crippen molar-refractivity contribution in [3.05, 3.63) is 54.1 Å². The number of nitrogens with zero attached hydrogens (tertiary/aromatic N) is 1. The summed E-state index contributed by atoms with van der Waals surface area (Å²) in [6.45, 7) is 8.02. The van der Waals surface area contributed by atoms with Crippen LogP contribution in [0.25, 0.3) is 0 Å². The summed E-state index contributed by atoms with van der Waals surface area (Å²) in [6.07, 6.45) is -2.37. The summed E-state index contributed by atoms with van der Waals surface area (Å²) >= 11 is 0. The molecule has 0 radical (unpaired) electrons. The minimum Gasteiger partial charge on any atom is -0.444 e. The first-order chi connectivity index (χ1) is 16.2. The second-order valence-electron chi connectivity index (χ2n) is 9.45. The van der Waals surface area contributed by atoms with E-state index in [-0.39, 0.29) is 22.7 Å². The predicted octanol–water partition coefficient (Wildman–Crippen LogP) is 2.68. The summed E-state index contributed by atoms with van der Waals surface area (Å²) < 4.78 is 32.7. The van der Waals surface area contributed by atoms with Crippen LogP contribution < -0.4 is 16.8 Å². The van der Waals surface area contributed by atoms with Gasteiger partial charge in [-0.05, 0) is 64.8 Å². The maximum atomic E-state index is 13.3. The molecule has 0 saturated heterocycles. The number of anilines is 2. The van der Waals surface area contributed by atoms with Crippen LogP contribution in [0.5, 0.6) is 0 Å². The molecule has 2 aromatic rings. The van der Waals surface area contributed by atoms with Crippen molar-refractivity contribution in [1.29, 1.82) is 0 Å². The Kier molecular flexibility index (Phi) is 9.50. The average Bonchev–Trinajstić information content (AvgIpc) is 2.73. The number of hydroxylamine groups is 1. The number of benzene rings is 2. The monoisotopic (exact) mass is 508 g/mol. The highest BCUT2D eigenvalue weighted by molar-refractivity contribution is 7.89. The number of nitrogen functional groups attached to an aromatic ring is 2. The number of nitrogens with one attached hydrogen (secondary N) is 1. The van der Waals surface area contributed by atoms with Crippen molar-refractivity contribution >= 4 is 27.5 Å². The summed E-state index contributed by atoms with van der Waals surface area (Å²) in [5, 5.41) is 13.8. The summed E-state index contributed by atoms with van der Waals surface area (Å²) in [6, 6.07) is 12.2. The molecular weight excluding hydrogens is 472 g/mol. The van der Waals surface area contributed by atoms with Crippen molar-refractivity contribution in [3.8, 4) is 0 Å². The molecule has 0 heterocycles. The molecular formula is C24H36N4O6S. The molecule has 0 aromatic heterocycles. The number of rotatable bonds is 10. The molecule has 6 N–H and O–H groups in total. The van der Waals surface area contributed by atoms with Gasteiger partial charge in [-0.15, -0.1) is 0 Å². The van der Waals surface area contributed by atoms with E-state index in [0.717, 1.165) is 5.56 Å². The third kappa shape index (κ3) is 8.70. The predicted molar refractivity (Wildman–Crippen MR) is 135 cm³/mol. The molecule has 11 heteroatoms. The van der Waals surface area contributed by atoms with Gasteiger partial charge in [0.25, 0.3) is 10.0 Å². The third-order valence-electron chi connectivity index (χ3n) is 4.75. The molecule has 0 unspecified atom stereocenters. The maximum absolute atomic E-state index is 13.3. The van der Waals surface area contributed by atoms with E-state index in [9.17, 15) is 18.3 Å². The highest BCUT2D eigenvalue weighted by Crippen LogP contribution is 2.24. The van der Waals surface area contributed by atoms with E-state index in [1.54, 1.807) is 34.6 Å². The van der Waals surface area contributed by atoms with E-state index < -0.39 is 46.5 Å². The van der Waals surface area contributed by atoms with E-state index in [4.69, 9.17) is 21.0 Å². The summed E-state index contributed by atoms with van der Waals surface area (Å²) in [7, 11) is -4.22. The molecule has 194 valence electrons. The number of sulfonamides is 1. The minimum absolute atomic E-state index is 0.102. The van der Waals surface area contributed by atoms with Gasteiger partial charge < -0.3 is 26.6 Å². The first-order valence-corrected chi connectivity index (χ1v) is 12.7. The van der Waals surface area contributed by atoms with Crippen molar-refractivity contribution in [2.24, 2.45) is 0 Å². The Morgan fingerprint density at radius 1 is 1.09 bits per heavy atom. The normalized spacial score (nSPS) is 14.1. The molecule has 0 saturated carbocycles. The molecule has 0 aliphatic carbocycles. The van der Waals surface area contributed by atoms with Gasteiger partial charge in [0, 0.05) is 0 Å². The lowest BCUT2D eigenvalue weighted by Crippen LogP contribution is -2.51. The van der Waals surface area contributed by atoms with Gasteiger partial charge in [0.15, 0.2) is 0 Å². The van der Waals surface area contributed by atoms with Crippen LogP contribution in [0.15, 0.2) is 53.4 Å². The quantitative estimate of drug-likeness (QED) is 0.282. The highest BCUT2D eigenvalue weighted by atomic mass is 32.2. The van der Waals surface area contributed by atoms with Crippen LogP contribution in [0.4, 0.5) is 16.2 Å². The lowest BCUT2D eigenvalue weighted by atomic mass is 10.0. The standard InChI is InChI=1S/C24H36N4O6S/c1-16(2)34-28(35(31,32)18-11-12-19(25)20(26)14-18)15-22(29)21(13-17-9-7-6-8-10-17)27-23(30)33-24(3,4)5/h6-12,14,16,21-22,29H,13,15,25-26H2,1-5H3,(H,27,30)/t21-,22+/m0/s1. The van der Waals surface area contributed by atoms with Crippen LogP contribution in [0, 0.1) is 0 Å². The largest absolute Gasteiger partial charge is 0.444 e. The number of carbonyl (C=O) groups is 1. The molecule has 2 aromatic carbocycles. The Morgan fingerprint density at radius 3 is 2.26 bits per heavy atom. The van der Waals surface area contributed by atoms with Crippen molar-refractivity contribution in [2.75, 3.05) is 18.0 Å². The average molecular weight is 509 g/mol. The van der Waals surface area contributed by atoms with Crippen molar-refractivity contribution < 1.29 is 27.9 Å². The Labute approximate surface area is 207 Å². The molecule has 1 amide bonds. The second kappa shape index (κ2) is 11.7. The summed E-state index contributed by atoms with van der Waals surface area (Å²) in [5.41, 5.74) is 11.9. The van der Waals surface area contributed by atoms with Crippen LogP contribution in [0.1, 0.15) is 40.2 Å². The van der Waals surface area contributed by atoms with Crippen molar-refractivity contribution in [1.82, 2.24) is 9.79 Å². The van der Waals surface area contributed by atoms with Gasteiger partial charge in [-0.3, -0.25) is 4.84 Å². The molecule has 35 heavy (non-hydrogen) atoms. The number of aliphatic hydroxyl groups is 1. The van der Waals surface area contributed by atoms with Crippen LogP contribution >= 0.6 is 0 Å². The van der Waals surface area contributed by atoms with Gasteiger partial charge in [-0.25, -0.2) is 13.2 Å². The van der Waals surface area contributed by atoms with Crippen LogP contribution in [-0.2, 0) is 26.0 Å². The number of hydrogen-bond donors (Lipinski definition) is 4. The fourth-order valence-corrected chi connectivity index (χ4v) is 4.54. The topological polar surface area (TPSA) is 157 Å². The maximum Gasteiger partial charge on any atom is 0.407 e. The number of amides is 1. The molecule has 0 fully saturated rings. The smallest absolute Gasteiger partial charge is 0.407 e. The number of alkyl carbamates (subject to hydrolysis) is 1. The minimum atomic E-state index is -4.22. The molecule has 0 aliphatic heterocycles. The third-order valence-corrected chi connectivity index (χ3v) is 6.37. The van der Waals surface area contributed by atoms with Gasteiger partial charge in [0.1, 0.15) is 5.60 Å². The van der Waals surface area contributed by atoms with Gasteiger partial charge in [0.2, 0.25) is 0 Å². The highest BCUT2D eigenvalue weighted by Gasteiger charge is 2.33. The molecule has 0 spiro atoms. The lowest BCUT2D eigenvalue weighted by molar-refractivity contribution is -0.136. The van der Waals surface area contributed by atoms with Crippen LogP contribution in [0.2, 0.25) is 0 Å². The van der Waals surface area contributed by atoms with Crippen LogP contribution in [-0.4, -0.2) is 54.5 Å². The van der Waals surface area contributed by atoms with E-state index in [1.165, 1.54) is 18.2 Å². The Hall–Kier alpha value is -2.86. The van der Waals surface area contributed by atoms with Crippen molar-refractivity contribution in [2.45, 2.75) is 69.8 Å². The summed E-state index contributed by atoms with van der Waals surface area (Å²) in [4.78, 5) is 17.9. The van der Waals surface area contributed by atoms with E-state index >= 15 is 0 Å². The Morgan fingerprint density at radius 2 is 1.71 bits per heavy atom. The van der Waals surface area contributed by atoms with Gasteiger partial charge >= 0.3 is 6.09 Å². The fourth-order valence-electron chi connectivity index (χ4n) is 3.15. The number of aliphatic hydroxyl groups excluding tert-OH is 1. The van der Waals surface area contributed by atoms with E-state index in [1.807, 2.05) is 30.3 Å². The van der Waals surface area contributed by atoms with Crippen molar-refractivity contribution in [3.63, 3.8) is 0 Å². The second-order valence-corrected chi connectivity index (χ2v) is 11.3. The van der Waals surface area contributed by atoms with E-state index in [0.29, 0.717) is 4.47 Å². The van der Waals surface area contributed by atoms with Crippen LogP contribution in [0.3, 0.4) is 0 Å². The molecule has 2 rings (SSSR count). The molecule has 0 bridgehead atoms. The van der Waals surface area contributed by atoms with Gasteiger partial charge in [0.05, 0.1) is 41.1 Å². The Bertz CT molecular complexity index is 1090. The zero-order valence-corrected chi connectivity index (χ0v) is 21.6. The molecule has 2 atom stereocenters. The Balaban J connectivity index is 2.34. The number of nitrogens with two attached hydrogens (primary N) is 2. The number of hydrogen-bond acceptors (Lipinski definition) is 8. The first kappa shape index (κ1) is 28.4.